The van der Waals surface area contributed by atoms with Gasteiger partial charge in [-0.3, -0.25) is 0 Å². The van der Waals surface area contributed by atoms with Crippen molar-refractivity contribution in [3.05, 3.63) is 100 Å². The van der Waals surface area contributed by atoms with E-state index < -0.39 is 66.1 Å². The number of fused-ring (bicyclic) bond motifs is 3. The van der Waals surface area contributed by atoms with Gasteiger partial charge < -0.3 is 0 Å². The van der Waals surface area contributed by atoms with Gasteiger partial charge in [-0.05, 0) is 0 Å². The van der Waals surface area contributed by atoms with E-state index in [4.69, 9.17) is 15.0 Å². The Morgan fingerprint density at radius 1 is 0.629 bits per heavy atom. The van der Waals surface area contributed by atoms with E-state index in [0.29, 0.717) is 14.7 Å². The van der Waals surface area contributed by atoms with Crippen molar-refractivity contribution in [3.63, 3.8) is 0 Å². The van der Waals surface area contributed by atoms with Crippen molar-refractivity contribution in [2.24, 2.45) is 0 Å². The normalized spacial score (nSPS) is 16.9. The Bertz CT molecular complexity index is 1090. The first-order valence-corrected chi connectivity index (χ1v) is 20.7. The first-order valence-electron chi connectivity index (χ1n) is 9.15. The van der Waals surface area contributed by atoms with Crippen LogP contribution in [0.3, 0.4) is 0 Å². The van der Waals surface area contributed by atoms with Crippen LogP contribution in [0.4, 0.5) is 2.86 Å². The third kappa shape index (κ3) is 6.63. The summed E-state index contributed by atoms with van der Waals surface area (Å²) in [4.78, 5) is 35.0. The molecular weight excluding hydrogens is 819 g/mol. The second-order valence-corrected chi connectivity index (χ2v) is 17.7. The van der Waals surface area contributed by atoms with Crippen molar-refractivity contribution < 1.29 is 26.4 Å². The van der Waals surface area contributed by atoms with Crippen LogP contribution in [-0.2, 0) is 9.20 Å². The Morgan fingerprint density at radius 3 is 1.54 bits per heavy atom. The third-order valence-electron chi connectivity index (χ3n) is 4.35. The van der Waals surface area contributed by atoms with Crippen LogP contribution < -0.4 is 0 Å². The van der Waals surface area contributed by atoms with Crippen LogP contribution in [-0.4, -0.2) is 22.8 Å². The molecule has 35 heavy (non-hydrogen) atoms. The first-order chi connectivity index (χ1) is 15.9. The molecule has 0 unspecified atom stereocenters. The molecule has 0 saturated carbocycles. The van der Waals surface area contributed by atoms with E-state index in [1.165, 1.54) is 0 Å². The second kappa shape index (κ2) is 13.1. The Kier molecular flexibility index (Phi) is 11.2. The minimum atomic E-state index is -3.02. The van der Waals surface area contributed by atoms with Gasteiger partial charge in [0, 0.05) is 0 Å². The van der Waals surface area contributed by atoms with Crippen LogP contribution in [0.15, 0.2) is 72.8 Å². The Balaban J connectivity index is 0.000000180. The average molecular weight is 843 g/mol. The van der Waals surface area contributed by atoms with Crippen molar-refractivity contribution in [2.45, 2.75) is 14.9 Å². The molecule has 3 aliphatic heterocycles. The van der Waals surface area contributed by atoms with Gasteiger partial charge >= 0.3 is 219 Å². The van der Waals surface area contributed by atoms with Crippen molar-refractivity contribution >= 4 is 87.0 Å². The fourth-order valence-electron chi connectivity index (χ4n) is 2.85. The number of carbonyl (C=O) groups is 3. The predicted octanol–water partition coefficient (Wildman–Crippen LogP) is 8.28. The topological polar surface area (TPSA) is 78.9 Å². The summed E-state index contributed by atoms with van der Waals surface area (Å²) in [6.07, 6.45) is 0. The Hall–Kier alpha value is -1.52. The van der Waals surface area contributed by atoms with Gasteiger partial charge in [0.25, 0.3) is 0 Å². The Labute approximate surface area is 231 Å². The number of carbonyl (C=O) groups excluding carboxylic acids is 3. The number of rotatable bonds is 0. The summed E-state index contributed by atoms with van der Waals surface area (Å²) >= 11 is -6.58. The van der Waals surface area contributed by atoms with Gasteiger partial charge in [-0.1, -0.05) is 14.9 Å². The fraction of sp³-hybridized carbons (Fsp3) is 0.125. The molecule has 6 rings (SSSR count). The molecule has 0 radical (unpaired) electrons. The van der Waals surface area contributed by atoms with Crippen LogP contribution in [0.5, 0.6) is 0 Å². The predicted molar refractivity (Wildman–Crippen MR) is 160 cm³/mol. The number of hydrogen-bond donors (Lipinski definition) is 0. The molecule has 0 aromatic heterocycles. The molecule has 0 aliphatic carbocycles. The number of alkyl halides is 1. The zero-order valence-electron chi connectivity index (χ0n) is 16.8. The van der Waals surface area contributed by atoms with Gasteiger partial charge in [0.2, 0.25) is 0 Å². The molecule has 11 heteroatoms. The summed E-state index contributed by atoms with van der Waals surface area (Å²) in [6, 6.07) is 21.6. The summed E-state index contributed by atoms with van der Waals surface area (Å²) in [7, 11) is 5.85. The van der Waals surface area contributed by atoms with E-state index in [2.05, 4.69) is 3.07 Å². The van der Waals surface area contributed by atoms with Crippen LogP contribution >= 0.6 is 69.1 Å². The van der Waals surface area contributed by atoms with E-state index in [0.717, 1.165) is 12.7 Å². The Morgan fingerprint density at radius 2 is 1.03 bits per heavy atom. The van der Waals surface area contributed by atoms with Crippen LogP contribution in [0.2, 0.25) is 0 Å². The number of benzene rings is 3. The van der Waals surface area contributed by atoms with Gasteiger partial charge in [-0.2, -0.15) is 0 Å². The van der Waals surface area contributed by atoms with Crippen molar-refractivity contribution in [1.82, 2.24) is 0 Å². The van der Waals surface area contributed by atoms with Gasteiger partial charge in [0.1, 0.15) is 0 Å². The van der Waals surface area contributed by atoms with Crippen molar-refractivity contribution in [2.75, 3.05) is 4.93 Å². The summed E-state index contributed by atoms with van der Waals surface area (Å²) in [5.41, 5.74) is 1.83. The summed E-state index contributed by atoms with van der Waals surface area (Å²) in [5.74, 6) is -0.901. The van der Waals surface area contributed by atoms with Crippen LogP contribution in [0, 0.1) is 10.7 Å². The minimum absolute atomic E-state index is 0. The average Bonchev–Trinajstić information content (AvgIpc) is 3.41. The molecule has 0 fully saturated rings. The molecular formula is C24H23ClFI3O6. The van der Waals surface area contributed by atoms with E-state index in [9.17, 15) is 17.2 Å². The van der Waals surface area contributed by atoms with Gasteiger partial charge in [-0.15, -0.1) is 0 Å². The first kappa shape index (κ1) is 29.7. The molecule has 3 aromatic rings. The van der Waals surface area contributed by atoms with E-state index >= 15 is 0 Å². The maximum absolute atomic E-state index is 12.9. The standard InChI is InChI=1S/C8H7IO2.C7H4ClIO2.C7H4FIO2.2CH4/c1-9-7-5-3-2-4-6(7)8(10)11-9;2*8-9-6-4-2-1-3-5(6)7(10)11-9;;/h2-5H,1H3;2*1-4H;2*1H4. The summed E-state index contributed by atoms with van der Waals surface area (Å²) in [5, 5.41) is 0. The molecule has 0 spiro atoms. The van der Waals surface area contributed by atoms with Gasteiger partial charge in [0.05, 0.1) is 0 Å². The molecule has 3 heterocycles. The molecule has 6 nitrogen and oxygen atoms in total. The number of halogens is 5. The zero-order valence-corrected chi connectivity index (χ0v) is 24.0. The summed E-state index contributed by atoms with van der Waals surface area (Å²) < 4.78 is 30.0. The molecule has 3 aromatic carbocycles. The van der Waals surface area contributed by atoms with Gasteiger partial charge in [-0.25, -0.2) is 0 Å². The van der Waals surface area contributed by atoms with Crippen LogP contribution in [0.25, 0.3) is 0 Å². The van der Waals surface area contributed by atoms with Crippen molar-refractivity contribution in [1.29, 1.82) is 0 Å². The second-order valence-electron chi connectivity index (χ2n) is 6.37. The fourth-order valence-corrected chi connectivity index (χ4v) is 11.4. The van der Waals surface area contributed by atoms with Crippen molar-refractivity contribution in [3.8, 4) is 0 Å². The number of hydrogen-bond acceptors (Lipinski definition) is 6. The molecule has 190 valence electrons. The van der Waals surface area contributed by atoms with E-state index in [1.807, 2.05) is 47.4 Å². The SMILES string of the molecule is C.C.CI1OC(=O)c2ccccc21.O=C1OI(Cl)c2ccccc21.O=C1OI(F)c2ccccc21. The summed E-state index contributed by atoms with van der Waals surface area (Å²) in [6.45, 7) is 0. The molecule has 0 atom stereocenters. The monoisotopic (exact) mass is 842 g/mol. The molecule has 0 N–H and O–H groups in total. The quantitative estimate of drug-likeness (QED) is 0.168. The third-order valence-corrected chi connectivity index (χ3v) is 14.7. The molecule has 3 aliphatic rings. The zero-order chi connectivity index (χ0) is 23.5. The van der Waals surface area contributed by atoms with E-state index in [-0.39, 0.29) is 26.8 Å². The van der Waals surface area contributed by atoms with E-state index in [1.54, 1.807) is 30.3 Å². The van der Waals surface area contributed by atoms with Crippen LogP contribution in [0.1, 0.15) is 45.9 Å². The molecule has 0 amide bonds. The molecule has 0 saturated heterocycles. The molecule has 0 bridgehead atoms. The maximum atomic E-state index is 12.9. The van der Waals surface area contributed by atoms with Gasteiger partial charge in [0.15, 0.2) is 0 Å².